The molecule has 34 heavy (non-hydrogen) atoms. The van der Waals surface area contributed by atoms with Crippen LogP contribution in [0.3, 0.4) is 0 Å². The second-order valence-corrected chi connectivity index (χ2v) is 9.04. The third kappa shape index (κ3) is 2.53. The van der Waals surface area contributed by atoms with E-state index in [1.807, 2.05) is 30.3 Å². The van der Waals surface area contributed by atoms with Crippen LogP contribution in [0.4, 0.5) is 0 Å². The monoisotopic (exact) mass is 455 g/mol. The van der Waals surface area contributed by atoms with Gasteiger partial charge >= 0.3 is 11.4 Å². The van der Waals surface area contributed by atoms with Crippen molar-refractivity contribution in [2.75, 3.05) is 0 Å². The molecule has 2 atom stereocenters. The second-order valence-electron chi connectivity index (χ2n) is 9.04. The van der Waals surface area contributed by atoms with Gasteiger partial charge in [0.2, 0.25) is 0 Å². The smallest absolute Gasteiger partial charge is 0.347 e. The average molecular weight is 455 g/mol. The van der Waals surface area contributed by atoms with E-state index in [2.05, 4.69) is 0 Å². The lowest BCUT2D eigenvalue weighted by Crippen LogP contribution is -2.40. The summed E-state index contributed by atoms with van der Waals surface area (Å²) in [5.41, 5.74) is 1.35. The van der Waals surface area contributed by atoms with Gasteiger partial charge in [-0.2, -0.15) is 0 Å². The highest BCUT2D eigenvalue weighted by molar-refractivity contribution is 6.24. The third-order valence-electron chi connectivity index (χ3n) is 7.26. The van der Waals surface area contributed by atoms with E-state index in [4.69, 9.17) is 0 Å². The zero-order valence-corrected chi connectivity index (χ0v) is 18.6. The Labute approximate surface area is 193 Å². The summed E-state index contributed by atoms with van der Waals surface area (Å²) in [5, 5.41) is 12.7. The van der Waals surface area contributed by atoms with Gasteiger partial charge in [-0.1, -0.05) is 36.4 Å². The fourth-order valence-electron chi connectivity index (χ4n) is 5.66. The maximum atomic E-state index is 13.5. The van der Waals surface area contributed by atoms with Gasteiger partial charge in [0.15, 0.2) is 11.6 Å². The molecule has 0 bridgehead atoms. The van der Waals surface area contributed by atoms with Gasteiger partial charge in [-0.05, 0) is 35.4 Å². The van der Waals surface area contributed by atoms with Crippen LogP contribution in [0.5, 0.6) is 5.75 Å². The number of rotatable bonds is 1. The van der Waals surface area contributed by atoms with E-state index < -0.39 is 23.3 Å². The predicted octanol–water partition coefficient (Wildman–Crippen LogP) is 2.27. The second kappa shape index (κ2) is 6.90. The lowest BCUT2D eigenvalue weighted by atomic mass is 9.67. The molecule has 3 aliphatic rings. The number of aromatic nitrogens is 3. The zero-order valence-electron chi connectivity index (χ0n) is 18.6. The van der Waals surface area contributed by atoms with Gasteiger partial charge in [0.05, 0.1) is 12.6 Å². The molecule has 0 spiro atoms. The number of hydrogen-bond donors (Lipinski definition) is 1. The van der Waals surface area contributed by atoms with Crippen LogP contribution < -0.4 is 11.4 Å². The molecular formula is C26H21N3O5. The molecule has 0 amide bonds. The lowest BCUT2D eigenvalue weighted by Gasteiger charge is -2.40. The lowest BCUT2D eigenvalue weighted by molar-refractivity contribution is -0.116. The number of nitrogens with zero attached hydrogens (tertiary/aromatic N) is 3. The number of phenolic OH excluding ortho intramolecular Hbond substituents is 1. The van der Waals surface area contributed by atoms with E-state index in [1.165, 1.54) is 22.5 Å². The van der Waals surface area contributed by atoms with Gasteiger partial charge in [0.25, 0.3) is 0 Å². The number of Topliss-reactive ketones (excluding diaryl/α,β-unsaturated/α-hetero) is 1. The molecule has 8 nitrogen and oxygen atoms in total. The first kappa shape index (κ1) is 20.4. The van der Waals surface area contributed by atoms with Crippen molar-refractivity contribution in [2.45, 2.75) is 31.8 Å². The maximum absolute atomic E-state index is 13.5. The van der Waals surface area contributed by atoms with Crippen LogP contribution in [-0.2, 0) is 23.2 Å². The van der Waals surface area contributed by atoms with Crippen LogP contribution in [0.1, 0.15) is 30.9 Å². The number of ketones is 2. The minimum atomic E-state index is -0.726. The number of aromatic hydroxyl groups is 1. The Morgan fingerprint density at radius 1 is 1.00 bits per heavy atom. The van der Waals surface area contributed by atoms with Gasteiger partial charge in [-0.15, -0.1) is 0 Å². The maximum Gasteiger partial charge on any atom is 0.347 e. The molecule has 2 aliphatic carbocycles. The molecule has 3 aromatic rings. The van der Waals surface area contributed by atoms with Crippen molar-refractivity contribution in [1.82, 2.24) is 13.9 Å². The molecule has 1 N–H and O–H groups in total. The molecular weight excluding hydrogens is 434 g/mol. The van der Waals surface area contributed by atoms with Crippen molar-refractivity contribution in [3.05, 3.63) is 97.4 Å². The first-order valence-corrected chi connectivity index (χ1v) is 11.1. The normalized spacial score (nSPS) is 21.7. The molecule has 0 radical (unpaired) electrons. The molecule has 170 valence electrons. The standard InChI is InChI=1S/C26H21N3O5/c1-13-11-20(31)17-12-18-16(9-10-28-25(33)27(2)26(34)29(18)28)22(23(17)24(13)32)21-15-6-4-3-5-14(15)7-8-19(21)30/h3-9,11,18,22,30H,10,12H2,1-2H3/t18-,22-/m1/s1. The molecule has 0 saturated heterocycles. The fraction of sp³-hybridized carbons (Fsp3) is 0.231. The number of allylic oxidation sites excluding steroid dienone is 6. The summed E-state index contributed by atoms with van der Waals surface area (Å²) < 4.78 is 3.79. The summed E-state index contributed by atoms with van der Waals surface area (Å²) in [6.45, 7) is 1.77. The van der Waals surface area contributed by atoms with Crippen LogP contribution in [-0.4, -0.2) is 30.6 Å². The van der Waals surface area contributed by atoms with E-state index in [1.54, 1.807) is 19.1 Å². The fourth-order valence-corrected chi connectivity index (χ4v) is 5.66. The van der Waals surface area contributed by atoms with E-state index in [9.17, 15) is 24.3 Å². The average Bonchev–Trinajstić information content (AvgIpc) is 3.05. The Morgan fingerprint density at radius 3 is 2.56 bits per heavy atom. The Morgan fingerprint density at radius 2 is 1.76 bits per heavy atom. The minimum absolute atomic E-state index is 0.00734. The zero-order chi connectivity index (χ0) is 23.9. The van der Waals surface area contributed by atoms with Crippen LogP contribution in [0.25, 0.3) is 10.8 Å². The highest BCUT2D eigenvalue weighted by Gasteiger charge is 2.45. The van der Waals surface area contributed by atoms with Gasteiger partial charge in [-0.25, -0.2) is 23.5 Å². The molecule has 1 aromatic heterocycles. The summed E-state index contributed by atoms with van der Waals surface area (Å²) in [7, 11) is 1.42. The Balaban J connectivity index is 1.70. The predicted molar refractivity (Wildman–Crippen MR) is 125 cm³/mol. The molecule has 0 saturated carbocycles. The Kier molecular flexibility index (Phi) is 4.14. The highest BCUT2D eigenvalue weighted by atomic mass is 16.3. The quantitative estimate of drug-likeness (QED) is 0.448. The first-order chi connectivity index (χ1) is 16.3. The van der Waals surface area contributed by atoms with E-state index in [-0.39, 0.29) is 30.3 Å². The highest BCUT2D eigenvalue weighted by Crippen LogP contribution is 2.52. The van der Waals surface area contributed by atoms with Gasteiger partial charge in [0, 0.05) is 41.7 Å². The van der Waals surface area contributed by atoms with Crippen LogP contribution in [0.2, 0.25) is 0 Å². The number of carbonyl (C=O) groups excluding carboxylic acids is 2. The van der Waals surface area contributed by atoms with Gasteiger partial charge in [0.1, 0.15) is 5.75 Å². The third-order valence-corrected chi connectivity index (χ3v) is 7.26. The van der Waals surface area contributed by atoms with Crippen LogP contribution in [0.15, 0.2) is 80.4 Å². The summed E-state index contributed by atoms with van der Waals surface area (Å²) >= 11 is 0. The van der Waals surface area contributed by atoms with Crippen molar-refractivity contribution in [3.63, 3.8) is 0 Å². The van der Waals surface area contributed by atoms with Crippen molar-refractivity contribution in [1.29, 1.82) is 0 Å². The van der Waals surface area contributed by atoms with Crippen LogP contribution in [0, 0.1) is 0 Å². The molecule has 8 heteroatoms. The summed E-state index contributed by atoms with van der Waals surface area (Å²) in [5.74, 6) is -1.24. The van der Waals surface area contributed by atoms with E-state index >= 15 is 0 Å². The SMILES string of the molecule is CC1=CC(=O)C2=C(C1=O)[C@@H](c1c(O)ccc3ccccc13)C1=CCn3c(=O)n(C)c(=O)n3[C@@H]1C2. The van der Waals surface area contributed by atoms with Crippen molar-refractivity contribution in [2.24, 2.45) is 7.05 Å². The van der Waals surface area contributed by atoms with Crippen molar-refractivity contribution >= 4 is 22.3 Å². The Hall–Kier alpha value is -4.20. The Bertz CT molecular complexity index is 1670. The minimum Gasteiger partial charge on any atom is -0.508 e. The number of carbonyl (C=O) groups is 2. The van der Waals surface area contributed by atoms with E-state index in [0.717, 1.165) is 20.9 Å². The molecule has 0 fully saturated rings. The summed E-state index contributed by atoms with van der Waals surface area (Å²) in [6.07, 6.45) is 3.31. The topological polar surface area (TPSA) is 103 Å². The van der Waals surface area contributed by atoms with E-state index in [0.29, 0.717) is 22.3 Å². The number of benzene rings is 2. The molecule has 2 aromatic carbocycles. The first-order valence-electron chi connectivity index (χ1n) is 11.1. The largest absolute Gasteiger partial charge is 0.508 e. The number of hydrogen-bond acceptors (Lipinski definition) is 5. The molecule has 1 aliphatic heterocycles. The summed E-state index contributed by atoms with van der Waals surface area (Å²) in [4.78, 5) is 52.2. The number of phenols is 1. The molecule has 2 heterocycles. The summed E-state index contributed by atoms with van der Waals surface area (Å²) in [6, 6.07) is 10.3. The molecule has 0 unspecified atom stereocenters. The van der Waals surface area contributed by atoms with Crippen LogP contribution >= 0.6 is 0 Å². The van der Waals surface area contributed by atoms with Gasteiger partial charge in [-0.3, -0.25) is 9.59 Å². The molecule has 6 rings (SSSR count). The van der Waals surface area contributed by atoms with Crippen molar-refractivity contribution in [3.8, 4) is 5.75 Å². The van der Waals surface area contributed by atoms with Gasteiger partial charge < -0.3 is 5.11 Å². The number of fused-ring (bicyclic) bond motifs is 4. The van der Waals surface area contributed by atoms with Crippen molar-refractivity contribution < 1.29 is 14.7 Å².